The van der Waals surface area contributed by atoms with E-state index in [-0.39, 0.29) is 11.3 Å². The number of alkyl halides is 2. The third-order valence-corrected chi connectivity index (χ3v) is 2.39. The summed E-state index contributed by atoms with van der Waals surface area (Å²) in [6.45, 7) is -2.99. The molecular formula is C11H10F3N3O. The Morgan fingerprint density at radius 2 is 2.11 bits per heavy atom. The van der Waals surface area contributed by atoms with Gasteiger partial charge in [-0.3, -0.25) is 4.68 Å². The van der Waals surface area contributed by atoms with Gasteiger partial charge >= 0.3 is 6.61 Å². The Labute approximate surface area is 101 Å². The Balaban J connectivity index is 2.42. The Kier molecular flexibility index (Phi) is 3.14. The minimum absolute atomic E-state index is 0.175. The van der Waals surface area contributed by atoms with Crippen molar-refractivity contribution in [2.45, 2.75) is 6.61 Å². The summed E-state index contributed by atoms with van der Waals surface area (Å²) in [5.41, 5.74) is 6.52. The summed E-state index contributed by atoms with van der Waals surface area (Å²) < 4.78 is 43.3. The summed E-state index contributed by atoms with van der Waals surface area (Å²) in [6.07, 6.45) is 1.39. The Morgan fingerprint density at radius 1 is 1.39 bits per heavy atom. The topological polar surface area (TPSA) is 53.1 Å². The number of anilines is 1. The van der Waals surface area contributed by atoms with Crippen molar-refractivity contribution in [1.82, 2.24) is 9.78 Å². The summed E-state index contributed by atoms with van der Waals surface area (Å²) in [5.74, 6) is -0.949. The summed E-state index contributed by atoms with van der Waals surface area (Å²) in [5, 5.41) is 3.88. The van der Waals surface area contributed by atoms with Gasteiger partial charge in [-0.1, -0.05) is 0 Å². The predicted octanol–water partition coefficient (Wildman–Crippen LogP) is 2.41. The van der Waals surface area contributed by atoms with Gasteiger partial charge in [0.2, 0.25) is 0 Å². The van der Waals surface area contributed by atoms with Gasteiger partial charge in [-0.15, -0.1) is 0 Å². The van der Waals surface area contributed by atoms with Gasteiger partial charge in [-0.2, -0.15) is 13.9 Å². The van der Waals surface area contributed by atoms with E-state index in [1.165, 1.54) is 23.0 Å². The first-order valence-corrected chi connectivity index (χ1v) is 5.01. The molecule has 0 saturated carbocycles. The van der Waals surface area contributed by atoms with Gasteiger partial charge in [0.25, 0.3) is 0 Å². The summed E-state index contributed by atoms with van der Waals surface area (Å²) in [7, 11) is 1.61. The molecule has 2 N–H and O–H groups in total. The molecule has 0 aliphatic rings. The van der Waals surface area contributed by atoms with Gasteiger partial charge in [0.15, 0.2) is 0 Å². The van der Waals surface area contributed by atoms with Gasteiger partial charge in [0.05, 0.1) is 17.6 Å². The van der Waals surface area contributed by atoms with E-state index in [4.69, 9.17) is 5.73 Å². The van der Waals surface area contributed by atoms with Crippen LogP contribution in [0.1, 0.15) is 0 Å². The van der Waals surface area contributed by atoms with E-state index in [1.54, 1.807) is 7.05 Å². The molecule has 4 nitrogen and oxygen atoms in total. The van der Waals surface area contributed by atoms with Crippen LogP contribution < -0.4 is 10.5 Å². The van der Waals surface area contributed by atoms with Crippen LogP contribution in [0.5, 0.6) is 5.75 Å². The smallest absolute Gasteiger partial charge is 0.387 e. The molecular weight excluding hydrogens is 247 g/mol. The quantitative estimate of drug-likeness (QED) is 0.918. The van der Waals surface area contributed by atoms with Crippen LogP contribution in [0.3, 0.4) is 0 Å². The van der Waals surface area contributed by atoms with Crippen molar-refractivity contribution in [2.24, 2.45) is 7.05 Å². The highest BCUT2D eigenvalue weighted by atomic mass is 19.3. The number of ether oxygens (including phenoxy) is 1. The van der Waals surface area contributed by atoms with Crippen molar-refractivity contribution >= 4 is 5.69 Å². The highest BCUT2D eigenvalue weighted by Gasteiger charge is 2.14. The van der Waals surface area contributed by atoms with E-state index >= 15 is 0 Å². The van der Waals surface area contributed by atoms with Gasteiger partial charge in [0.1, 0.15) is 11.6 Å². The molecule has 0 spiro atoms. The van der Waals surface area contributed by atoms with E-state index in [9.17, 15) is 13.2 Å². The highest BCUT2D eigenvalue weighted by Crippen LogP contribution is 2.30. The van der Waals surface area contributed by atoms with E-state index in [1.807, 2.05) is 0 Å². The molecule has 2 rings (SSSR count). The predicted molar refractivity (Wildman–Crippen MR) is 59.6 cm³/mol. The SMILES string of the molecule is Cn1ncc(N)c1-c1ccc(OC(F)F)cc1F. The lowest BCUT2D eigenvalue weighted by atomic mass is 10.1. The molecule has 0 amide bonds. The normalized spacial score (nSPS) is 10.9. The number of nitrogens with two attached hydrogens (primary N) is 1. The Morgan fingerprint density at radius 3 is 2.61 bits per heavy atom. The van der Waals surface area contributed by atoms with Crippen molar-refractivity contribution < 1.29 is 17.9 Å². The number of hydrogen-bond acceptors (Lipinski definition) is 3. The zero-order chi connectivity index (χ0) is 13.3. The lowest BCUT2D eigenvalue weighted by Gasteiger charge is -2.08. The second kappa shape index (κ2) is 4.59. The van der Waals surface area contributed by atoms with Crippen molar-refractivity contribution in [2.75, 3.05) is 5.73 Å². The fourth-order valence-electron chi connectivity index (χ4n) is 1.65. The molecule has 96 valence electrons. The van der Waals surface area contributed by atoms with Crippen LogP contribution >= 0.6 is 0 Å². The van der Waals surface area contributed by atoms with Crippen molar-refractivity contribution in [3.63, 3.8) is 0 Å². The fourth-order valence-corrected chi connectivity index (χ4v) is 1.65. The second-order valence-corrected chi connectivity index (χ2v) is 3.59. The first-order valence-electron chi connectivity index (χ1n) is 5.01. The lowest BCUT2D eigenvalue weighted by Crippen LogP contribution is -2.03. The molecule has 0 radical (unpaired) electrons. The van der Waals surface area contributed by atoms with Crippen LogP contribution in [0, 0.1) is 5.82 Å². The number of benzene rings is 1. The van der Waals surface area contributed by atoms with Crippen LogP contribution in [-0.2, 0) is 7.05 Å². The van der Waals surface area contributed by atoms with Gasteiger partial charge in [-0.05, 0) is 12.1 Å². The van der Waals surface area contributed by atoms with Crippen LogP contribution in [0.2, 0.25) is 0 Å². The average Bonchev–Trinajstić information content (AvgIpc) is 2.59. The molecule has 1 aromatic carbocycles. The largest absolute Gasteiger partial charge is 0.435 e. The number of aryl methyl sites for hydroxylation is 1. The van der Waals surface area contributed by atoms with E-state index in [0.29, 0.717) is 11.4 Å². The first kappa shape index (κ1) is 12.3. The molecule has 7 heteroatoms. The monoisotopic (exact) mass is 257 g/mol. The molecule has 0 aliphatic heterocycles. The molecule has 0 saturated heterocycles. The van der Waals surface area contributed by atoms with Crippen molar-refractivity contribution in [1.29, 1.82) is 0 Å². The number of halogens is 3. The molecule has 1 aromatic heterocycles. The third-order valence-electron chi connectivity index (χ3n) is 2.39. The molecule has 1 heterocycles. The number of hydrogen-bond donors (Lipinski definition) is 1. The zero-order valence-corrected chi connectivity index (χ0v) is 9.40. The summed E-state index contributed by atoms with van der Waals surface area (Å²) >= 11 is 0. The maximum Gasteiger partial charge on any atom is 0.387 e. The molecule has 0 bridgehead atoms. The minimum Gasteiger partial charge on any atom is -0.435 e. The van der Waals surface area contributed by atoms with Gasteiger partial charge in [-0.25, -0.2) is 4.39 Å². The van der Waals surface area contributed by atoms with Crippen LogP contribution in [0.4, 0.5) is 18.9 Å². The number of nitrogen functional groups attached to an aromatic ring is 1. The van der Waals surface area contributed by atoms with Crippen LogP contribution in [-0.4, -0.2) is 16.4 Å². The minimum atomic E-state index is -2.99. The fraction of sp³-hybridized carbons (Fsp3) is 0.182. The summed E-state index contributed by atoms with van der Waals surface area (Å²) in [4.78, 5) is 0. The second-order valence-electron chi connectivity index (χ2n) is 3.59. The van der Waals surface area contributed by atoms with E-state index < -0.39 is 12.4 Å². The van der Waals surface area contributed by atoms with Crippen molar-refractivity contribution in [3.05, 3.63) is 30.2 Å². The Bertz CT molecular complexity index is 549. The first-order chi connectivity index (χ1) is 8.49. The maximum absolute atomic E-state index is 13.8. The van der Waals surface area contributed by atoms with Gasteiger partial charge in [0, 0.05) is 18.7 Å². The molecule has 0 fully saturated rings. The van der Waals surface area contributed by atoms with Gasteiger partial charge < -0.3 is 10.5 Å². The molecule has 2 aromatic rings. The number of nitrogens with zero attached hydrogens (tertiary/aromatic N) is 2. The molecule has 0 unspecified atom stereocenters. The summed E-state index contributed by atoms with van der Waals surface area (Å²) in [6, 6.07) is 3.45. The maximum atomic E-state index is 13.8. The van der Waals surface area contributed by atoms with Crippen molar-refractivity contribution in [3.8, 4) is 17.0 Å². The standard InChI is InChI=1S/C11H10F3N3O/c1-17-10(9(15)5-16-17)7-3-2-6(4-8(7)12)18-11(13)14/h2-5,11H,15H2,1H3. The Hall–Kier alpha value is -2.18. The number of aromatic nitrogens is 2. The average molecular weight is 257 g/mol. The van der Waals surface area contributed by atoms with E-state index in [0.717, 1.165) is 6.07 Å². The lowest BCUT2D eigenvalue weighted by molar-refractivity contribution is -0.0499. The molecule has 18 heavy (non-hydrogen) atoms. The molecule has 0 atom stereocenters. The van der Waals surface area contributed by atoms with Crippen LogP contribution in [0.25, 0.3) is 11.3 Å². The third kappa shape index (κ3) is 2.24. The highest BCUT2D eigenvalue weighted by molar-refractivity contribution is 5.73. The van der Waals surface area contributed by atoms with Crippen LogP contribution in [0.15, 0.2) is 24.4 Å². The number of rotatable bonds is 3. The zero-order valence-electron chi connectivity index (χ0n) is 9.40. The van der Waals surface area contributed by atoms with E-state index in [2.05, 4.69) is 9.84 Å². The molecule has 0 aliphatic carbocycles.